The Hall–Kier alpha value is -1.93. The largest absolute Gasteiger partial charge is 0.323 e. The topological polar surface area (TPSA) is 79.4 Å². The van der Waals surface area contributed by atoms with Crippen LogP contribution in [0.5, 0.6) is 0 Å². The van der Waals surface area contributed by atoms with E-state index in [1.165, 1.54) is 18.5 Å². The number of sulfonamides is 1. The van der Waals surface area contributed by atoms with Crippen LogP contribution in [0.1, 0.15) is 0 Å². The molecule has 2 aromatic rings. The third-order valence-corrected chi connectivity index (χ3v) is 5.16. The molecule has 0 radical (unpaired) electrons. The van der Waals surface area contributed by atoms with E-state index in [-0.39, 0.29) is 17.3 Å². The number of carbonyl (C=O) groups is 1. The molecule has 3 rings (SSSR count). The lowest BCUT2D eigenvalue weighted by Gasteiger charge is -2.29. The van der Waals surface area contributed by atoms with Gasteiger partial charge in [0.1, 0.15) is 11.4 Å². The number of aromatic nitrogens is 1. The van der Waals surface area contributed by atoms with Crippen molar-refractivity contribution in [3.8, 4) is 0 Å². The quantitative estimate of drug-likeness (QED) is 0.879. The fraction of sp³-hybridized carbons (Fsp3) is 0.0769. The zero-order chi connectivity index (χ0) is 15.0. The zero-order valence-electron chi connectivity index (χ0n) is 10.7. The molecular formula is C13H10BrN3O3S. The van der Waals surface area contributed by atoms with Gasteiger partial charge in [-0.3, -0.25) is 14.1 Å². The van der Waals surface area contributed by atoms with Gasteiger partial charge in [-0.15, -0.1) is 0 Å². The van der Waals surface area contributed by atoms with Crippen LogP contribution >= 0.6 is 15.9 Å². The van der Waals surface area contributed by atoms with Gasteiger partial charge in [0, 0.05) is 16.9 Å². The standard InChI is InChI=1S/C13H10BrN3O3S/c14-9-5-10(7-15-6-9)21(19,20)17-8-13(18)16-11-3-1-2-4-12(11)17/h1-7H,8H2,(H,16,18). The summed E-state index contributed by atoms with van der Waals surface area (Å²) in [6.07, 6.45) is 2.76. The highest BCUT2D eigenvalue weighted by Crippen LogP contribution is 2.33. The first-order valence-electron chi connectivity index (χ1n) is 6.00. The Kier molecular flexibility index (Phi) is 3.42. The van der Waals surface area contributed by atoms with Crippen LogP contribution in [-0.2, 0) is 14.8 Å². The second kappa shape index (κ2) is 5.12. The van der Waals surface area contributed by atoms with Gasteiger partial charge in [0.25, 0.3) is 10.0 Å². The van der Waals surface area contributed by atoms with E-state index in [0.717, 1.165) is 4.31 Å². The van der Waals surface area contributed by atoms with Gasteiger partial charge in [-0.2, -0.15) is 0 Å². The predicted octanol–water partition coefficient (Wildman–Crippen LogP) is 1.99. The van der Waals surface area contributed by atoms with Crippen molar-refractivity contribution in [3.63, 3.8) is 0 Å². The summed E-state index contributed by atoms with van der Waals surface area (Å²) in [5.74, 6) is -0.375. The molecule has 2 heterocycles. The lowest BCUT2D eigenvalue weighted by atomic mass is 10.2. The number of nitrogens with zero attached hydrogens (tertiary/aromatic N) is 2. The Labute approximate surface area is 130 Å². The van der Waals surface area contributed by atoms with Gasteiger partial charge in [-0.25, -0.2) is 8.42 Å². The Morgan fingerprint density at radius 3 is 2.76 bits per heavy atom. The van der Waals surface area contributed by atoms with Crippen LogP contribution in [0.2, 0.25) is 0 Å². The van der Waals surface area contributed by atoms with E-state index in [1.807, 2.05) is 0 Å². The first kappa shape index (κ1) is 14.0. The van der Waals surface area contributed by atoms with Crippen molar-refractivity contribution in [1.29, 1.82) is 0 Å². The molecular weight excluding hydrogens is 358 g/mol. The summed E-state index contributed by atoms with van der Waals surface area (Å²) in [5, 5.41) is 2.65. The van der Waals surface area contributed by atoms with Crippen molar-refractivity contribution < 1.29 is 13.2 Å². The molecule has 1 amide bonds. The van der Waals surface area contributed by atoms with Crippen molar-refractivity contribution in [2.24, 2.45) is 0 Å². The molecule has 0 saturated heterocycles. The van der Waals surface area contributed by atoms with Gasteiger partial charge in [-0.05, 0) is 34.1 Å². The number of hydrogen-bond acceptors (Lipinski definition) is 4. The average molecular weight is 368 g/mol. The fourth-order valence-corrected chi connectivity index (χ4v) is 4.02. The minimum absolute atomic E-state index is 0.0291. The molecule has 108 valence electrons. The summed E-state index contributed by atoms with van der Waals surface area (Å²) in [6, 6.07) is 8.22. The van der Waals surface area contributed by atoms with E-state index >= 15 is 0 Å². The maximum absolute atomic E-state index is 12.7. The van der Waals surface area contributed by atoms with Crippen LogP contribution in [0.3, 0.4) is 0 Å². The maximum atomic E-state index is 12.7. The van der Waals surface area contributed by atoms with Crippen LogP contribution in [0.4, 0.5) is 11.4 Å². The third-order valence-electron chi connectivity index (χ3n) is 3.00. The number of rotatable bonds is 2. The van der Waals surface area contributed by atoms with E-state index in [9.17, 15) is 13.2 Å². The van der Waals surface area contributed by atoms with Crippen molar-refractivity contribution in [2.45, 2.75) is 4.90 Å². The van der Waals surface area contributed by atoms with Crippen molar-refractivity contribution in [3.05, 3.63) is 47.2 Å². The Morgan fingerprint density at radius 1 is 1.24 bits per heavy atom. The van der Waals surface area contributed by atoms with Gasteiger partial charge >= 0.3 is 0 Å². The lowest BCUT2D eigenvalue weighted by Crippen LogP contribution is -2.42. The summed E-state index contributed by atoms with van der Waals surface area (Å²) in [4.78, 5) is 15.6. The average Bonchev–Trinajstić information content (AvgIpc) is 2.46. The monoisotopic (exact) mass is 367 g/mol. The number of nitrogens with one attached hydrogen (secondary N) is 1. The van der Waals surface area contributed by atoms with Crippen LogP contribution < -0.4 is 9.62 Å². The third kappa shape index (κ3) is 2.52. The number of anilines is 2. The highest BCUT2D eigenvalue weighted by molar-refractivity contribution is 9.10. The minimum Gasteiger partial charge on any atom is -0.323 e. The van der Waals surface area contributed by atoms with Crippen LogP contribution in [0.25, 0.3) is 0 Å². The normalized spacial score (nSPS) is 14.5. The zero-order valence-corrected chi connectivity index (χ0v) is 13.1. The molecule has 1 aromatic carbocycles. The van der Waals surface area contributed by atoms with Gasteiger partial charge < -0.3 is 5.32 Å². The lowest BCUT2D eigenvalue weighted by molar-refractivity contribution is -0.115. The molecule has 21 heavy (non-hydrogen) atoms. The Balaban J connectivity index is 2.14. The highest BCUT2D eigenvalue weighted by Gasteiger charge is 2.32. The summed E-state index contributed by atoms with van der Waals surface area (Å²) in [6.45, 7) is -0.258. The number of pyridine rings is 1. The summed E-state index contributed by atoms with van der Waals surface area (Å²) in [7, 11) is -3.85. The number of para-hydroxylation sites is 2. The maximum Gasteiger partial charge on any atom is 0.266 e. The second-order valence-corrected chi connectivity index (χ2v) is 7.19. The molecule has 1 aliphatic rings. The van der Waals surface area contributed by atoms with Crippen molar-refractivity contribution in [1.82, 2.24) is 4.98 Å². The van der Waals surface area contributed by atoms with E-state index < -0.39 is 10.0 Å². The van der Waals surface area contributed by atoms with Crippen LogP contribution in [0.15, 0.2) is 52.1 Å². The predicted molar refractivity (Wildman–Crippen MR) is 81.5 cm³/mol. The first-order valence-corrected chi connectivity index (χ1v) is 8.24. The van der Waals surface area contributed by atoms with Gasteiger partial charge in [0.05, 0.1) is 11.4 Å². The molecule has 6 nitrogen and oxygen atoms in total. The van der Waals surface area contributed by atoms with E-state index in [0.29, 0.717) is 15.8 Å². The van der Waals surface area contributed by atoms with Gasteiger partial charge in [0.2, 0.25) is 5.91 Å². The first-order chi connectivity index (χ1) is 9.98. The number of amides is 1. The van der Waals surface area contributed by atoms with E-state index in [4.69, 9.17) is 0 Å². The Bertz CT molecular complexity index is 823. The molecule has 1 N–H and O–H groups in total. The molecule has 0 aliphatic carbocycles. The number of carbonyl (C=O) groups excluding carboxylic acids is 1. The molecule has 8 heteroatoms. The molecule has 1 aromatic heterocycles. The van der Waals surface area contributed by atoms with Crippen LogP contribution in [-0.4, -0.2) is 25.9 Å². The molecule has 0 spiro atoms. The van der Waals surface area contributed by atoms with Gasteiger partial charge in [-0.1, -0.05) is 12.1 Å². The highest BCUT2D eigenvalue weighted by atomic mass is 79.9. The SMILES string of the molecule is O=C1CN(S(=O)(=O)c2cncc(Br)c2)c2ccccc2N1. The van der Waals surface area contributed by atoms with E-state index in [2.05, 4.69) is 26.2 Å². The summed E-state index contributed by atoms with van der Waals surface area (Å²) < 4.78 is 27.1. The molecule has 1 aliphatic heterocycles. The number of benzene rings is 1. The number of hydrogen-bond donors (Lipinski definition) is 1. The summed E-state index contributed by atoms with van der Waals surface area (Å²) >= 11 is 3.20. The molecule has 0 saturated carbocycles. The molecule has 0 unspecified atom stereocenters. The molecule has 0 fully saturated rings. The number of fused-ring (bicyclic) bond motifs is 1. The van der Waals surface area contributed by atoms with E-state index in [1.54, 1.807) is 24.3 Å². The number of halogens is 1. The second-order valence-electron chi connectivity index (χ2n) is 4.42. The molecule has 0 bridgehead atoms. The fourth-order valence-electron chi connectivity index (χ4n) is 2.08. The molecule has 0 atom stereocenters. The van der Waals surface area contributed by atoms with Crippen molar-refractivity contribution in [2.75, 3.05) is 16.2 Å². The Morgan fingerprint density at radius 2 is 2.00 bits per heavy atom. The van der Waals surface area contributed by atoms with Crippen LogP contribution in [0, 0.1) is 0 Å². The minimum atomic E-state index is -3.85. The van der Waals surface area contributed by atoms with Crippen molar-refractivity contribution >= 4 is 43.2 Å². The smallest absolute Gasteiger partial charge is 0.266 e. The summed E-state index contributed by atoms with van der Waals surface area (Å²) in [5.41, 5.74) is 0.914. The van der Waals surface area contributed by atoms with Gasteiger partial charge in [0.15, 0.2) is 0 Å².